The molecule has 0 radical (unpaired) electrons. The van der Waals surface area contributed by atoms with Crippen LogP contribution in [-0.2, 0) is 6.54 Å². The third-order valence-corrected chi connectivity index (χ3v) is 6.93. The Hall–Kier alpha value is -2.16. The molecule has 2 aromatic heterocycles. The number of hydrogen-bond donors (Lipinski definition) is 1. The third kappa shape index (κ3) is 5.26. The van der Waals surface area contributed by atoms with E-state index in [1.54, 1.807) is 12.3 Å². The van der Waals surface area contributed by atoms with Gasteiger partial charge in [-0.05, 0) is 42.7 Å². The SMILES string of the molecule is O=C(c1cnc(Sc2nnc(NCc3ccccc3)s2)c(Cl)c1)N1CCCCC1. The number of halogens is 1. The van der Waals surface area contributed by atoms with Gasteiger partial charge in [-0.15, -0.1) is 10.2 Å². The van der Waals surface area contributed by atoms with Gasteiger partial charge in [0, 0.05) is 25.8 Å². The molecular weight excluding hydrogens is 426 g/mol. The van der Waals surface area contributed by atoms with Crippen LogP contribution < -0.4 is 5.32 Å². The van der Waals surface area contributed by atoms with Crippen LogP contribution >= 0.6 is 34.7 Å². The Kier molecular flexibility index (Phi) is 6.63. The summed E-state index contributed by atoms with van der Waals surface area (Å²) in [6.07, 6.45) is 4.89. The van der Waals surface area contributed by atoms with Gasteiger partial charge in [-0.1, -0.05) is 53.3 Å². The highest BCUT2D eigenvalue weighted by atomic mass is 35.5. The number of piperidine rings is 1. The summed E-state index contributed by atoms with van der Waals surface area (Å²) in [5, 5.41) is 13.4. The number of amides is 1. The zero-order valence-corrected chi connectivity index (χ0v) is 18.1. The molecule has 1 aromatic carbocycles. The van der Waals surface area contributed by atoms with E-state index in [4.69, 9.17) is 11.6 Å². The van der Waals surface area contributed by atoms with Crippen molar-refractivity contribution >= 4 is 45.7 Å². The van der Waals surface area contributed by atoms with Gasteiger partial charge in [0.15, 0.2) is 4.34 Å². The minimum Gasteiger partial charge on any atom is -0.356 e. The van der Waals surface area contributed by atoms with Crippen LogP contribution in [-0.4, -0.2) is 39.1 Å². The zero-order valence-electron chi connectivity index (χ0n) is 15.7. The van der Waals surface area contributed by atoms with Crippen molar-refractivity contribution in [2.24, 2.45) is 0 Å². The van der Waals surface area contributed by atoms with E-state index in [0.29, 0.717) is 22.2 Å². The van der Waals surface area contributed by atoms with Crippen LogP contribution in [0.25, 0.3) is 0 Å². The van der Waals surface area contributed by atoms with Crippen LogP contribution in [0, 0.1) is 0 Å². The molecule has 3 aromatic rings. The smallest absolute Gasteiger partial charge is 0.255 e. The van der Waals surface area contributed by atoms with Gasteiger partial charge in [0.05, 0.1) is 10.6 Å². The molecule has 4 rings (SSSR count). The van der Waals surface area contributed by atoms with Gasteiger partial charge in [0.25, 0.3) is 5.91 Å². The average molecular weight is 446 g/mol. The standard InChI is InChI=1S/C20H20ClN5OS2/c21-16-11-15(18(27)26-9-5-2-6-10-26)13-22-17(16)28-20-25-24-19(29-20)23-12-14-7-3-1-4-8-14/h1,3-4,7-8,11,13H,2,5-6,9-10,12H2,(H,23,24). The van der Waals surface area contributed by atoms with Crippen molar-refractivity contribution in [3.05, 3.63) is 58.7 Å². The van der Waals surface area contributed by atoms with Crippen LogP contribution in [0.15, 0.2) is 52.0 Å². The highest BCUT2D eigenvalue weighted by Gasteiger charge is 2.20. The fourth-order valence-corrected chi connectivity index (χ4v) is 4.98. The van der Waals surface area contributed by atoms with Crippen LogP contribution in [0.3, 0.4) is 0 Å². The fourth-order valence-electron chi connectivity index (χ4n) is 3.08. The largest absolute Gasteiger partial charge is 0.356 e. The predicted octanol–water partition coefficient (Wildman–Crippen LogP) is 4.98. The van der Waals surface area contributed by atoms with Crippen molar-refractivity contribution < 1.29 is 4.79 Å². The van der Waals surface area contributed by atoms with Crippen molar-refractivity contribution in [1.29, 1.82) is 0 Å². The van der Waals surface area contributed by atoms with Gasteiger partial charge in [-0.2, -0.15) is 0 Å². The summed E-state index contributed by atoms with van der Waals surface area (Å²) in [6.45, 7) is 2.29. The first kappa shape index (κ1) is 20.1. The van der Waals surface area contributed by atoms with Gasteiger partial charge in [0.1, 0.15) is 5.03 Å². The minimum atomic E-state index is -0.000960. The van der Waals surface area contributed by atoms with Gasteiger partial charge in [-0.25, -0.2) is 4.98 Å². The first-order valence-electron chi connectivity index (χ1n) is 9.43. The van der Waals surface area contributed by atoms with E-state index in [9.17, 15) is 4.79 Å². The number of carbonyl (C=O) groups excluding carboxylic acids is 1. The highest BCUT2D eigenvalue weighted by Crippen LogP contribution is 2.35. The van der Waals surface area contributed by atoms with Crippen molar-refractivity contribution in [2.75, 3.05) is 18.4 Å². The van der Waals surface area contributed by atoms with E-state index >= 15 is 0 Å². The van der Waals surface area contributed by atoms with E-state index in [0.717, 1.165) is 35.4 Å². The summed E-state index contributed by atoms with van der Waals surface area (Å²) in [5.74, 6) is -0.000960. The van der Waals surface area contributed by atoms with Gasteiger partial charge in [0.2, 0.25) is 5.13 Å². The molecular formula is C20H20ClN5OS2. The third-order valence-electron chi connectivity index (χ3n) is 4.57. The normalized spacial score (nSPS) is 14.0. The predicted molar refractivity (Wildman–Crippen MR) is 117 cm³/mol. The summed E-state index contributed by atoms with van der Waals surface area (Å²) in [4.78, 5) is 18.9. The lowest BCUT2D eigenvalue weighted by atomic mass is 10.1. The highest BCUT2D eigenvalue weighted by molar-refractivity contribution is 8.01. The topological polar surface area (TPSA) is 71.0 Å². The van der Waals surface area contributed by atoms with Crippen molar-refractivity contribution in [3.8, 4) is 0 Å². The number of nitrogens with one attached hydrogen (secondary N) is 1. The molecule has 1 amide bonds. The Morgan fingerprint density at radius 3 is 2.72 bits per heavy atom. The first-order valence-corrected chi connectivity index (χ1v) is 11.4. The molecule has 0 atom stereocenters. The molecule has 0 bridgehead atoms. The molecule has 6 nitrogen and oxygen atoms in total. The summed E-state index contributed by atoms with van der Waals surface area (Å²) in [7, 11) is 0. The van der Waals surface area contributed by atoms with Crippen molar-refractivity contribution in [1.82, 2.24) is 20.1 Å². The second-order valence-electron chi connectivity index (χ2n) is 6.68. The summed E-state index contributed by atoms with van der Waals surface area (Å²) < 4.78 is 0.741. The fraction of sp³-hybridized carbons (Fsp3) is 0.300. The molecule has 9 heteroatoms. The number of aromatic nitrogens is 3. The number of anilines is 1. The average Bonchev–Trinajstić information content (AvgIpc) is 3.22. The molecule has 1 N–H and O–H groups in total. The van der Waals surface area contributed by atoms with Crippen LogP contribution in [0.1, 0.15) is 35.2 Å². The molecule has 0 unspecified atom stereocenters. The molecule has 0 aliphatic carbocycles. The number of hydrogen-bond acceptors (Lipinski definition) is 7. The van der Waals surface area contributed by atoms with E-state index in [2.05, 4.69) is 32.6 Å². The lowest BCUT2D eigenvalue weighted by molar-refractivity contribution is 0.0724. The number of rotatable bonds is 6. The number of pyridine rings is 1. The minimum absolute atomic E-state index is 0.000960. The van der Waals surface area contributed by atoms with Crippen LogP contribution in [0.4, 0.5) is 5.13 Å². The molecule has 150 valence electrons. The van der Waals surface area contributed by atoms with E-state index < -0.39 is 0 Å². The van der Waals surface area contributed by atoms with E-state index in [1.807, 2.05) is 23.1 Å². The van der Waals surface area contributed by atoms with Gasteiger partial charge in [-0.3, -0.25) is 4.79 Å². The Morgan fingerprint density at radius 2 is 1.97 bits per heavy atom. The molecule has 0 saturated carbocycles. The Morgan fingerprint density at radius 1 is 1.17 bits per heavy atom. The molecule has 1 saturated heterocycles. The zero-order chi connectivity index (χ0) is 20.1. The van der Waals surface area contributed by atoms with Crippen LogP contribution in [0.2, 0.25) is 5.02 Å². The maximum atomic E-state index is 12.6. The monoisotopic (exact) mass is 445 g/mol. The number of benzene rings is 1. The summed E-state index contributed by atoms with van der Waals surface area (Å²) in [5.41, 5.74) is 1.71. The Labute approximate surface area is 182 Å². The first-order chi connectivity index (χ1) is 14.2. The van der Waals surface area contributed by atoms with Crippen molar-refractivity contribution in [3.63, 3.8) is 0 Å². The lowest BCUT2D eigenvalue weighted by Gasteiger charge is -2.26. The number of carbonyl (C=O) groups is 1. The summed E-state index contributed by atoms with van der Waals surface area (Å²) >= 11 is 9.19. The van der Waals surface area contributed by atoms with Crippen molar-refractivity contribution in [2.45, 2.75) is 35.2 Å². The second kappa shape index (κ2) is 9.56. The molecule has 1 fully saturated rings. The molecule has 29 heavy (non-hydrogen) atoms. The maximum Gasteiger partial charge on any atom is 0.255 e. The number of likely N-dealkylation sites (tertiary alicyclic amines) is 1. The quantitative estimate of drug-likeness (QED) is 0.577. The number of nitrogens with zero attached hydrogens (tertiary/aromatic N) is 4. The molecule has 0 spiro atoms. The second-order valence-corrected chi connectivity index (χ2v) is 9.30. The lowest BCUT2D eigenvalue weighted by Crippen LogP contribution is -2.35. The van der Waals surface area contributed by atoms with E-state index in [-0.39, 0.29) is 5.91 Å². The molecule has 1 aliphatic rings. The van der Waals surface area contributed by atoms with Crippen LogP contribution in [0.5, 0.6) is 0 Å². The summed E-state index contributed by atoms with van der Waals surface area (Å²) in [6, 6.07) is 11.8. The van der Waals surface area contributed by atoms with E-state index in [1.165, 1.54) is 35.1 Å². The maximum absolute atomic E-state index is 12.6. The Balaban J connectivity index is 1.38. The van der Waals surface area contributed by atoms with Gasteiger partial charge >= 0.3 is 0 Å². The van der Waals surface area contributed by atoms with Gasteiger partial charge < -0.3 is 10.2 Å². The Bertz CT molecular complexity index is 976. The molecule has 3 heterocycles. The molecule has 1 aliphatic heterocycles.